The Bertz CT molecular complexity index is 1030. The molecule has 1 atom stereocenters. The molecule has 1 N–H and O–H groups in total. The molecule has 0 saturated carbocycles. The summed E-state index contributed by atoms with van der Waals surface area (Å²) < 4.78 is 52.7. The maximum atomic E-state index is 13.9. The lowest BCUT2D eigenvalue weighted by Crippen LogP contribution is -2.43. The lowest BCUT2D eigenvalue weighted by Gasteiger charge is -2.20. The Balaban J connectivity index is 1.61. The van der Waals surface area contributed by atoms with Crippen molar-refractivity contribution in [3.63, 3.8) is 0 Å². The number of likely N-dealkylation sites (N-methyl/N-ethyl adjacent to an activating group) is 1. The van der Waals surface area contributed by atoms with Crippen LogP contribution in [0.2, 0.25) is 0 Å². The van der Waals surface area contributed by atoms with Gasteiger partial charge in [0.2, 0.25) is 21.8 Å². The van der Waals surface area contributed by atoms with Gasteiger partial charge in [0.25, 0.3) is 0 Å². The summed E-state index contributed by atoms with van der Waals surface area (Å²) in [6, 6.07) is 9.51. The van der Waals surface area contributed by atoms with Crippen LogP contribution < -0.4 is 10.2 Å². The Labute approximate surface area is 167 Å². The van der Waals surface area contributed by atoms with E-state index in [0.29, 0.717) is 0 Å². The third-order valence-electron chi connectivity index (χ3n) is 4.52. The van der Waals surface area contributed by atoms with Crippen molar-refractivity contribution in [2.45, 2.75) is 17.4 Å². The number of hydrogen-bond acceptors (Lipinski definition) is 4. The fraction of sp³-hybridized carbons (Fsp3) is 0.263. The van der Waals surface area contributed by atoms with Crippen LogP contribution in [0, 0.1) is 11.6 Å². The molecule has 154 valence electrons. The Kier molecular flexibility index (Phi) is 5.94. The topological polar surface area (TPSA) is 86.8 Å². The van der Waals surface area contributed by atoms with Gasteiger partial charge in [0.05, 0.1) is 23.2 Å². The standard InChI is InChI=1S/C19H19F2N3O4S/c1-23(29(27,28)15-8-6-13(20)7-9-15)12-18(25)22-14-10-19(26)24(11-14)17-5-3-2-4-16(17)21/h2-9,14H,10-12H2,1H3,(H,22,25). The third kappa shape index (κ3) is 4.60. The van der Waals surface area contributed by atoms with Gasteiger partial charge < -0.3 is 10.2 Å². The van der Waals surface area contributed by atoms with Gasteiger partial charge in [-0.25, -0.2) is 17.2 Å². The zero-order chi connectivity index (χ0) is 21.2. The van der Waals surface area contributed by atoms with Crippen LogP contribution in [0.25, 0.3) is 0 Å². The number of carbonyl (C=O) groups excluding carboxylic acids is 2. The lowest BCUT2D eigenvalue weighted by molar-refractivity contribution is -0.121. The average Bonchev–Trinajstić information content (AvgIpc) is 3.02. The van der Waals surface area contributed by atoms with Crippen LogP contribution in [0.4, 0.5) is 14.5 Å². The predicted octanol–water partition coefficient (Wildman–Crippen LogP) is 1.51. The summed E-state index contributed by atoms with van der Waals surface area (Å²) in [7, 11) is -2.75. The second-order valence-electron chi connectivity index (χ2n) is 6.64. The van der Waals surface area contributed by atoms with Crippen LogP contribution in [0.3, 0.4) is 0 Å². The number of benzene rings is 2. The Morgan fingerprint density at radius 2 is 1.83 bits per heavy atom. The summed E-state index contributed by atoms with van der Waals surface area (Å²) in [5.41, 5.74) is 0.130. The van der Waals surface area contributed by atoms with Crippen LogP contribution in [0.15, 0.2) is 53.4 Å². The molecule has 2 aromatic carbocycles. The number of rotatable bonds is 6. The van der Waals surface area contributed by atoms with Crippen molar-refractivity contribution in [3.8, 4) is 0 Å². The van der Waals surface area contributed by atoms with Crippen molar-refractivity contribution in [2.24, 2.45) is 0 Å². The normalized spacial score (nSPS) is 17.0. The molecule has 1 unspecified atom stereocenters. The maximum absolute atomic E-state index is 13.9. The van der Waals surface area contributed by atoms with E-state index in [-0.39, 0.29) is 29.5 Å². The lowest BCUT2D eigenvalue weighted by atomic mass is 10.2. The molecule has 2 aromatic rings. The number of sulfonamides is 1. The zero-order valence-corrected chi connectivity index (χ0v) is 16.3. The van der Waals surface area contributed by atoms with Crippen LogP contribution in [-0.4, -0.2) is 50.7 Å². The van der Waals surface area contributed by atoms with Crippen LogP contribution in [-0.2, 0) is 19.6 Å². The molecule has 0 aliphatic carbocycles. The summed E-state index contributed by atoms with van der Waals surface area (Å²) in [5.74, 6) is -2.06. The first kappa shape index (κ1) is 20.9. The molecule has 0 aromatic heterocycles. The predicted molar refractivity (Wildman–Crippen MR) is 102 cm³/mol. The summed E-state index contributed by atoms with van der Waals surface area (Å²) in [5, 5.41) is 2.60. The van der Waals surface area contributed by atoms with E-state index in [2.05, 4.69) is 5.32 Å². The zero-order valence-electron chi connectivity index (χ0n) is 15.5. The van der Waals surface area contributed by atoms with E-state index in [1.54, 1.807) is 6.07 Å². The molecule has 3 rings (SSSR count). The Morgan fingerprint density at radius 1 is 1.17 bits per heavy atom. The average molecular weight is 423 g/mol. The molecule has 0 radical (unpaired) electrons. The van der Waals surface area contributed by atoms with Gasteiger partial charge in [0.1, 0.15) is 11.6 Å². The molecule has 1 aliphatic heterocycles. The van der Waals surface area contributed by atoms with Gasteiger partial charge in [0.15, 0.2) is 0 Å². The SMILES string of the molecule is CN(CC(=O)NC1CC(=O)N(c2ccccc2F)C1)S(=O)(=O)c1ccc(F)cc1. The minimum atomic E-state index is -3.98. The smallest absolute Gasteiger partial charge is 0.243 e. The van der Waals surface area contributed by atoms with E-state index >= 15 is 0 Å². The first-order valence-electron chi connectivity index (χ1n) is 8.74. The second-order valence-corrected chi connectivity index (χ2v) is 8.68. The summed E-state index contributed by atoms with van der Waals surface area (Å²) in [6.45, 7) is -0.399. The molecule has 10 heteroatoms. The fourth-order valence-corrected chi connectivity index (χ4v) is 4.18. The molecule has 0 spiro atoms. The van der Waals surface area contributed by atoms with E-state index in [1.807, 2.05) is 0 Å². The number of hydrogen-bond donors (Lipinski definition) is 1. The van der Waals surface area contributed by atoms with Crippen molar-refractivity contribution >= 4 is 27.5 Å². The highest BCUT2D eigenvalue weighted by atomic mass is 32.2. The molecule has 2 amide bonds. The van der Waals surface area contributed by atoms with Gasteiger partial charge in [-0.3, -0.25) is 9.59 Å². The van der Waals surface area contributed by atoms with Gasteiger partial charge >= 0.3 is 0 Å². The number of halogens is 2. The highest BCUT2D eigenvalue weighted by molar-refractivity contribution is 7.89. The van der Waals surface area contributed by atoms with E-state index in [4.69, 9.17) is 0 Å². The summed E-state index contributed by atoms with van der Waals surface area (Å²) in [4.78, 5) is 25.6. The molecule has 7 nitrogen and oxygen atoms in total. The maximum Gasteiger partial charge on any atom is 0.243 e. The van der Waals surface area contributed by atoms with Crippen molar-refractivity contribution in [1.29, 1.82) is 0 Å². The monoisotopic (exact) mass is 423 g/mol. The number of amides is 2. The number of nitrogens with one attached hydrogen (secondary N) is 1. The van der Waals surface area contributed by atoms with Gasteiger partial charge in [-0.15, -0.1) is 0 Å². The van der Waals surface area contributed by atoms with Gasteiger partial charge in [-0.1, -0.05) is 12.1 Å². The highest BCUT2D eigenvalue weighted by Crippen LogP contribution is 2.24. The van der Waals surface area contributed by atoms with Gasteiger partial charge in [-0.05, 0) is 36.4 Å². The first-order chi connectivity index (χ1) is 13.7. The molecule has 1 aliphatic rings. The summed E-state index contributed by atoms with van der Waals surface area (Å²) in [6.07, 6.45) is -0.0193. The van der Waals surface area contributed by atoms with Crippen molar-refractivity contribution in [3.05, 3.63) is 60.2 Å². The second kappa shape index (κ2) is 8.26. The van der Waals surface area contributed by atoms with E-state index < -0.39 is 40.2 Å². The number of para-hydroxylation sites is 1. The molecular formula is C19H19F2N3O4S. The van der Waals surface area contributed by atoms with E-state index in [0.717, 1.165) is 28.6 Å². The third-order valence-corrected chi connectivity index (χ3v) is 6.34. The largest absolute Gasteiger partial charge is 0.350 e. The van der Waals surface area contributed by atoms with Crippen LogP contribution in [0.5, 0.6) is 0 Å². The Morgan fingerprint density at radius 3 is 2.48 bits per heavy atom. The molecule has 1 saturated heterocycles. The summed E-state index contributed by atoms with van der Waals surface area (Å²) >= 11 is 0. The molecule has 1 heterocycles. The minimum Gasteiger partial charge on any atom is -0.350 e. The van der Waals surface area contributed by atoms with Crippen molar-refractivity contribution < 1.29 is 26.8 Å². The molecule has 1 fully saturated rings. The number of nitrogens with zero attached hydrogens (tertiary/aromatic N) is 2. The molecular weight excluding hydrogens is 404 g/mol. The van der Waals surface area contributed by atoms with Gasteiger partial charge in [-0.2, -0.15) is 4.31 Å². The molecule has 29 heavy (non-hydrogen) atoms. The van der Waals surface area contributed by atoms with Crippen LogP contribution >= 0.6 is 0 Å². The van der Waals surface area contributed by atoms with E-state index in [9.17, 15) is 26.8 Å². The Hall–Kier alpha value is -2.85. The fourth-order valence-electron chi connectivity index (χ4n) is 3.05. The van der Waals surface area contributed by atoms with Gasteiger partial charge in [0, 0.05) is 20.0 Å². The minimum absolute atomic E-state index is 0.0193. The van der Waals surface area contributed by atoms with Crippen molar-refractivity contribution in [2.75, 3.05) is 25.0 Å². The van der Waals surface area contributed by atoms with E-state index in [1.165, 1.54) is 30.1 Å². The van der Waals surface area contributed by atoms with Crippen LogP contribution in [0.1, 0.15) is 6.42 Å². The van der Waals surface area contributed by atoms with Crippen molar-refractivity contribution in [1.82, 2.24) is 9.62 Å². The number of carbonyl (C=O) groups is 2. The quantitative estimate of drug-likeness (QED) is 0.763. The highest BCUT2D eigenvalue weighted by Gasteiger charge is 2.33. The molecule has 0 bridgehead atoms. The number of anilines is 1. The first-order valence-corrected chi connectivity index (χ1v) is 10.2.